The van der Waals surface area contributed by atoms with Crippen molar-refractivity contribution < 1.29 is 0 Å². The Labute approximate surface area is 115 Å². The first kappa shape index (κ1) is 13.6. The maximum atomic E-state index is 5.37. The largest absolute Gasteiger partial charge is 0.351 e. The molecule has 0 saturated carbocycles. The Morgan fingerprint density at radius 2 is 2.16 bits per heavy atom. The predicted octanol–water partition coefficient (Wildman–Crippen LogP) is 0.506. The van der Waals surface area contributed by atoms with Crippen molar-refractivity contribution in [2.75, 3.05) is 22.8 Å². The van der Waals surface area contributed by atoms with Crippen LogP contribution in [-0.4, -0.2) is 42.8 Å². The molecule has 0 amide bonds. The van der Waals surface area contributed by atoms with E-state index in [0.717, 1.165) is 5.75 Å². The molecule has 2 aromatic rings. The van der Waals surface area contributed by atoms with Gasteiger partial charge in [0, 0.05) is 24.2 Å². The number of anilines is 2. The summed E-state index contributed by atoms with van der Waals surface area (Å²) in [5, 5.41) is 7.28. The van der Waals surface area contributed by atoms with E-state index >= 15 is 0 Å². The number of hydrogen-bond acceptors (Lipinski definition) is 8. The molecule has 0 spiro atoms. The van der Waals surface area contributed by atoms with E-state index in [1.165, 1.54) is 0 Å². The standard InChI is InChI=1S/C10H16N8S/c1-7(6-19-2)13-8-14-9(17-11)16-10(15-8)18-5-3-4-12-18/h3-5,7H,6,11H2,1-2H3,(H2,13,14,15,16,17). The van der Waals surface area contributed by atoms with Gasteiger partial charge in [0.2, 0.25) is 11.9 Å². The van der Waals surface area contributed by atoms with Gasteiger partial charge in [0.25, 0.3) is 5.95 Å². The van der Waals surface area contributed by atoms with Gasteiger partial charge in [-0.1, -0.05) is 0 Å². The molecule has 8 nitrogen and oxygen atoms in total. The lowest BCUT2D eigenvalue weighted by atomic mass is 10.4. The fourth-order valence-corrected chi connectivity index (χ4v) is 2.08. The Kier molecular flexibility index (Phi) is 4.53. The zero-order valence-electron chi connectivity index (χ0n) is 10.7. The number of thioether (sulfide) groups is 1. The molecule has 19 heavy (non-hydrogen) atoms. The molecular formula is C10H16N8S. The molecule has 102 valence electrons. The summed E-state index contributed by atoms with van der Waals surface area (Å²) in [5.74, 6) is 7.49. The van der Waals surface area contributed by atoms with E-state index in [0.29, 0.717) is 17.8 Å². The van der Waals surface area contributed by atoms with Crippen LogP contribution in [0.25, 0.3) is 5.95 Å². The summed E-state index contributed by atoms with van der Waals surface area (Å²) in [5.41, 5.74) is 2.43. The minimum absolute atomic E-state index is 0.244. The lowest BCUT2D eigenvalue weighted by molar-refractivity contribution is 0.788. The highest BCUT2D eigenvalue weighted by Crippen LogP contribution is 2.10. The predicted molar refractivity (Wildman–Crippen MR) is 76.2 cm³/mol. The molecule has 9 heteroatoms. The molecule has 0 aliphatic heterocycles. The second-order valence-electron chi connectivity index (χ2n) is 3.88. The third-order valence-corrected chi connectivity index (χ3v) is 3.09. The molecule has 0 fully saturated rings. The zero-order chi connectivity index (χ0) is 13.7. The van der Waals surface area contributed by atoms with E-state index < -0.39 is 0 Å². The van der Waals surface area contributed by atoms with Crippen molar-refractivity contribution in [3.8, 4) is 5.95 Å². The van der Waals surface area contributed by atoms with E-state index in [4.69, 9.17) is 5.84 Å². The number of aromatic nitrogens is 5. The molecule has 0 radical (unpaired) electrons. The molecule has 0 saturated heterocycles. The highest BCUT2D eigenvalue weighted by atomic mass is 32.2. The van der Waals surface area contributed by atoms with Crippen LogP contribution in [0.5, 0.6) is 0 Å². The lowest BCUT2D eigenvalue weighted by Crippen LogP contribution is -2.22. The number of nitrogens with two attached hydrogens (primary N) is 1. The summed E-state index contributed by atoms with van der Waals surface area (Å²) >= 11 is 1.75. The average Bonchev–Trinajstić information content (AvgIpc) is 2.92. The fourth-order valence-electron chi connectivity index (χ4n) is 1.50. The first-order valence-electron chi connectivity index (χ1n) is 5.71. The first-order chi connectivity index (χ1) is 9.22. The molecule has 4 N–H and O–H groups in total. The molecular weight excluding hydrogens is 264 g/mol. The van der Waals surface area contributed by atoms with Gasteiger partial charge in [-0.05, 0) is 19.2 Å². The van der Waals surface area contributed by atoms with Crippen LogP contribution in [-0.2, 0) is 0 Å². The number of nitrogens with one attached hydrogen (secondary N) is 2. The van der Waals surface area contributed by atoms with Crippen molar-refractivity contribution in [1.29, 1.82) is 0 Å². The topological polar surface area (TPSA) is 107 Å². The summed E-state index contributed by atoms with van der Waals surface area (Å²) in [6, 6.07) is 2.04. The minimum atomic E-state index is 0.244. The van der Waals surface area contributed by atoms with Crippen LogP contribution in [0.2, 0.25) is 0 Å². The van der Waals surface area contributed by atoms with Gasteiger partial charge in [-0.2, -0.15) is 31.8 Å². The maximum Gasteiger partial charge on any atom is 0.257 e. The average molecular weight is 280 g/mol. The summed E-state index contributed by atoms with van der Waals surface area (Å²) in [6.07, 6.45) is 5.46. The molecule has 2 heterocycles. The van der Waals surface area contributed by atoms with Gasteiger partial charge in [-0.3, -0.25) is 5.43 Å². The third-order valence-electron chi connectivity index (χ3n) is 2.25. The van der Waals surface area contributed by atoms with Crippen molar-refractivity contribution in [3.05, 3.63) is 18.5 Å². The lowest BCUT2D eigenvalue weighted by Gasteiger charge is -2.13. The Balaban J connectivity index is 2.26. The Morgan fingerprint density at radius 1 is 1.37 bits per heavy atom. The minimum Gasteiger partial charge on any atom is -0.351 e. The SMILES string of the molecule is CSCC(C)Nc1nc(NN)nc(-n2cccn2)n1. The number of rotatable bonds is 6. The third kappa shape index (κ3) is 3.55. The summed E-state index contributed by atoms with van der Waals surface area (Å²) in [4.78, 5) is 12.6. The van der Waals surface area contributed by atoms with Crippen LogP contribution in [0, 0.1) is 0 Å². The number of hydrazine groups is 1. The normalized spacial score (nSPS) is 12.2. The summed E-state index contributed by atoms with van der Waals surface area (Å²) < 4.78 is 1.55. The van der Waals surface area contributed by atoms with Gasteiger partial charge in [0.15, 0.2) is 0 Å². The monoisotopic (exact) mass is 280 g/mol. The van der Waals surface area contributed by atoms with Crippen LogP contribution in [0.15, 0.2) is 18.5 Å². The van der Waals surface area contributed by atoms with Gasteiger partial charge in [-0.15, -0.1) is 0 Å². The summed E-state index contributed by atoms with van der Waals surface area (Å²) in [7, 11) is 0. The van der Waals surface area contributed by atoms with E-state index in [9.17, 15) is 0 Å². The van der Waals surface area contributed by atoms with E-state index in [2.05, 4.69) is 37.7 Å². The highest BCUT2D eigenvalue weighted by Gasteiger charge is 2.09. The van der Waals surface area contributed by atoms with Gasteiger partial charge in [-0.25, -0.2) is 10.5 Å². The molecule has 2 rings (SSSR count). The van der Waals surface area contributed by atoms with Gasteiger partial charge in [0.1, 0.15) is 0 Å². The van der Waals surface area contributed by atoms with E-state index in [-0.39, 0.29) is 6.04 Å². The van der Waals surface area contributed by atoms with Crippen LogP contribution in [0.1, 0.15) is 6.92 Å². The van der Waals surface area contributed by atoms with Gasteiger partial charge in [0.05, 0.1) is 0 Å². The summed E-state index contributed by atoms with van der Waals surface area (Å²) in [6.45, 7) is 2.06. The van der Waals surface area contributed by atoms with Gasteiger partial charge < -0.3 is 5.32 Å². The molecule has 2 aromatic heterocycles. The Morgan fingerprint density at radius 3 is 2.79 bits per heavy atom. The molecule has 1 atom stereocenters. The number of hydrogen-bond donors (Lipinski definition) is 3. The van der Waals surface area contributed by atoms with Crippen LogP contribution in [0.3, 0.4) is 0 Å². The zero-order valence-corrected chi connectivity index (χ0v) is 11.6. The Bertz CT molecular complexity index is 514. The quantitative estimate of drug-likeness (QED) is 0.519. The molecule has 0 aliphatic carbocycles. The second kappa shape index (κ2) is 6.34. The van der Waals surface area contributed by atoms with E-state index in [1.807, 2.05) is 6.26 Å². The molecule has 0 aromatic carbocycles. The van der Waals surface area contributed by atoms with Gasteiger partial charge >= 0.3 is 0 Å². The molecule has 0 aliphatic rings. The number of nitrogens with zero attached hydrogens (tertiary/aromatic N) is 5. The van der Waals surface area contributed by atoms with E-state index in [1.54, 1.807) is 34.9 Å². The van der Waals surface area contributed by atoms with Crippen LogP contribution in [0.4, 0.5) is 11.9 Å². The van der Waals surface area contributed by atoms with Crippen LogP contribution < -0.4 is 16.6 Å². The van der Waals surface area contributed by atoms with Crippen molar-refractivity contribution in [2.45, 2.75) is 13.0 Å². The highest BCUT2D eigenvalue weighted by molar-refractivity contribution is 7.98. The fraction of sp³-hybridized carbons (Fsp3) is 0.400. The van der Waals surface area contributed by atoms with Crippen LogP contribution >= 0.6 is 11.8 Å². The van der Waals surface area contributed by atoms with Crippen molar-refractivity contribution in [2.24, 2.45) is 5.84 Å². The smallest absolute Gasteiger partial charge is 0.257 e. The first-order valence-corrected chi connectivity index (χ1v) is 7.10. The second-order valence-corrected chi connectivity index (χ2v) is 4.79. The molecule has 1 unspecified atom stereocenters. The maximum absolute atomic E-state index is 5.37. The van der Waals surface area contributed by atoms with Crippen molar-refractivity contribution >= 4 is 23.7 Å². The van der Waals surface area contributed by atoms with Crippen molar-refractivity contribution in [3.63, 3.8) is 0 Å². The van der Waals surface area contributed by atoms with Crippen molar-refractivity contribution in [1.82, 2.24) is 24.7 Å². The molecule has 0 bridgehead atoms. The Hall–Kier alpha value is -1.87. The number of nitrogen functional groups attached to an aromatic ring is 1.